The highest BCUT2D eigenvalue weighted by Crippen LogP contribution is 2.36. The van der Waals surface area contributed by atoms with E-state index in [0.717, 1.165) is 53.4 Å². The molecule has 0 radical (unpaired) electrons. The minimum atomic E-state index is 0.138. The van der Waals surface area contributed by atoms with Gasteiger partial charge in [0.05, 0.1) is 43.8 Å². The Hall–Kier alpha value is -3.92. The fraction of sp³-hybridized carbons (Fsp3) is 0.407. The van der Waals surface area contributed by atoms with Crippen molar-refractivity contribution in [3.05, 3.63) is 59.0 Å². The van der Waals surface area contributed by atoms with Crippen molar-refractivity contribution >= 4 is 28.9 Å². The van der Waals surface area contributed by atoms with Crippen molar-refractivity contribution < 1.29 is 14.3 Å². The first-order valence-corrected chi connectivity index (χ1v) is 12.8. The number of benzene rings is 1. The van der Waals surface area contributed by atoms with Crippen molar-refractivity contribution in [2.45, 2.75) is 26.3 Å². The molecule has 1 aromatic carbocycles. The number of nitrogens with zero attached hydrogens (tertiary/aromatic N) is 5. The molecule has 192 valence electrons. The van der Waals surface area contributed by atoms with E-state index in [1.54, 1.807) is 0 Å². The molecule has 5 heterocycles. The van der Waals surface area contributed by atoms with Crippen molar-refractivity contribution in [1.82, 2.24) is 19.9 Å². The molecular weight excluding hydrogens is 470 g/mol. The summed E-state index contributed by atoms with van der Waals surface area (Å²) in [7, 11) is 0. The van der Waals surface area contributed by atoms with Gasteiger partial charge in [0.2, 0.25) is 17.7 Å². The van der Waals surface area contributed by atoms with Crippen LogP contribution in [0.4, 0.5) is 23.0 Å². The first kappa shape index (κ1) is 23.5. The standard InChI is InChI=1S/C27H31N7O3/c1-18-23(16-29-26-25(18)28-7-11-37-26)34-8-6-20-15-30-27(32-22(20)17-34)31-21-4-2-19(3-5-21)14-24(35)33-9-12-36-13-10-33/h2-5,15-16,28H,6-14,17H2,1H3,(H,30,31,32). The maximum Gasteiger partial charge on any atom is 0.237 e. The van der Waals surface area contributed by atoms with E-state index >= 15 is 0 Å². The Balaban J connectivity index is 1.12. The number of hydrogen-bond donors (Lipinski definition) is 2. The summed E-state index contributed by atoms with van der Waals surface area (Å²) < 4.78 is 11.0. The van der Waals surface area contributed by atoms with E-state index in [-0.39, 0.29) is 5.91 Å². The molecule has 10 nitrogen and oxygen atoms in total. The van der Waals surface area contributed by atoms with E-state index in [1.807, 2.05) is 41.6 Å². The number of carbonyl (C=O) groups excluding carboxylic acids is 1. The van der Waals surface area contributed by atoms with Gasteiger partial charge in [-0.25, -0.2) is 15.0 Å². The SMILES string of the molecule is Cc1c(N2CCc3cnc(Nc4ccc(CC(=O)N5CCOCC5)cc4)nc3C2)cnc2c1NCCO2. The molecule has 37 heavy (non-hydrogen) atoms. The van der Waals surface area contributed by atoms with Gasteiger partial charge in [-0.2, -0.15) is 0 Å². The van der Waals surface area contributed by atoms with Crippen LogP contribution in [0, 0.1) is 6.92 Å². The van der Waals surface area contributed by atoms with E-state index in [0.29, 0.717) is 57.7 Å². The largest absolute Gasteiger partial charge is 0.474 e. The molecule has 0 bridgehead atoms. The van der Waals surface area contributed by atoms with Crippen LogP contribution >= 0.6 is 0 Å². The molecule has 2 aromatic heterocycles. The molecule has 0 unspecified atom stereocenters. The van der Waals surface area contributed by atoms with Gasteiger partial charge in [-0.3, -0.25) is 4.79 Å². The Morgan fingerprint density at radius 3 is 2.76 bits per heavy atom. The summed E-state index contributed by atoms with van der Waals surface area (Å²) in [4.78, 5) is 30.6. The number of hydrogen-bond acceptors (Lipinski definition) is 9. The molecule has 6 rings (SSSR count). The average Bonchev–Trinajstić information content (AvgIpc) is 2.94. The lowest BCUT2D eigenvalue weighted by molar-refractivity contribution is -0.134. The average molecular weight is 502 g/mol. The van der Waals surface area contributed by atoms with E-state index in [1.165, 1.54) is 5.56 Å². The summed E-state index contributed by atoms with van der Waals surface area (Å²) in [6.45, 7) is 7.67. The number of aromatic nitrogens is 3. The Morgan fingerprint density at radius 1 is 1.08 bits per heavy atom. The number of nitrogens with one attached hydrogen (secondary N) is 2. The van der Waals surface area contributed by atoms with E-state index < -0.39 is 0 Å². The lowest BCUT2D eigenvalue weighted by Crippen LogP contribution is -2.41. The number of carbonyl (C=O) groups is 1. The van der Waals surface area contributed by atoms with Gasteiger partial charge in [0.1, 0.15) is 12.3 Å². The Labute approximate surface area is 216 Å². The van der Waals surface area contributed by atoms with Gasteiger partial charge in [0, 0.05) is 43.6 Å². The molecule has 3 aliphatic rings. The highest BCUT2D eigenvalue weighted by molar-refractivity contribution is 5.79. The third-order valence-corrected chi connectivity index (χ3v) is 7.14. The van der Waals surface area contributed by atoms with E-state index in [9.17, 15) is 4.79 Å². The summed E-state index contributed by atoms with van der Waals surface area (Å²) in [6.07, 6.45) is 5.09. The number of rotatable bonds is 5. The van der Waals surface area contributed by atoms with Gasteiger partial charge < -0.3 is 29.9 Å². The topological polar surface area (TPSA) is 105 Å². The molecule has 1 saturated heterocycles. The van der Waals surface area contributed by atoms with Crippen LogP contribution < -0.4 is 20.3 Å². The molecule has 3 aliphatic heterocycles. The van der Waals surface area contributed by atoms with E-state index in [2.05, 4.69) is 32.4 Å². The molecule has 1 fully saturated rings. The van der Waals surface area contributed by atoms with Crippen LogP contribution in [0.5, 0.6) is 5.88 Å². The van der Waals surface area contributed by atoms with Crippen LogP contribution in [-0.4, -0.2) is 71.8 Å². The number of amides is 1. The second-order valence-electron chi connectivity index (χ2n) is 9.55. The van der Waals surface area contributed by atoms with Crippen LogP contribution in [0.2, 0.25) is 0 Å². The van der Waals surface area contributed by atoms with Crippen LogP contribution in [0.1, 0.15) is 22.4 Å². The summed E-state index contributed by atoms with van der Waals surface area (Å²) >= 11 is 0. The molecule has 1 amide bonds. The number of ether oxygens (including phenoxy) is 2. The second-order valence-corrected chi connectivity index (χ2v) is 9.55. The van der Waals surface area contributed by atoms with Crippen molar-refractivity contribution in [3.63, 3.8) is 0 Å². The molecular formula is C27H31N7O3. The van der Waals surface area contributed by atoms with Gasteiger partial charge in [-0.1, -0.05) is 12.1 Å². The van der Waals surface area contributed by atoms with Crippen LogP contribution in [0.25, 0.3) is 0 Å². The zero-order valence-corrected chi connectivity index (χ0v) is 21.0. The zero-order chi connectivity index (χ0) is 25.2. The lowest BCUT2D eigenvalue weighted by atomic mass is 10.0. The third-order valence-electron chi connectivity index (χ3n) is 7.14. The van der Waals surface area contributed by atoms with Crippen molar-refractivity contribution in [3.8, 4) is 5.88 Å². The Bertz CT molecular complexity index is 1290. The Kier molecular flexibility index (Phi) is 6.48. The maximum atomic E-state index is 12.5. The smallest absolute Gasteiger partial charge is 0.237 e. The lowest BCUT2D eigenvalue weighted by Gasteiger charge is -2.32. The first-order valence-electron chi connectivity index (χ1n) is 12.8. The predicted molar refractivity (Wildman–Crippen MR) is 141 cm³/mol. The first-order chi connectivity index (χ1) is 18.1. The van der Waals surface area contributed by atoms with Crippen molar-refractivity contribution in [2.75, 3.05) is 61.5 Å². The van der Waals surface area contributed by atoms with Gasteiger partial charge in [0.25, 0.3) is 0 Å². The van der Waals surface area contributed by atoms with Gasteiger partial charge >= 0.3 is 0 Å². The second kappa shape index (κ2) is 10.2. The molecule has 3 aromatic rings. The number of morpholine rings is 1. The van der Waals surface area contributed by atoms with Crippen molar-refractivity contribution in [1.29, 1.82) is 0 Å². The summed E-state index contributed by atoms with van der Waals surface area (Å²) in [5, 5.41) is 6.73. The minimum absolute atomic E-state index is 0.138. The molecule has 0 spiro atoms. The summed E-state index contributed by atoms with van der Waals surface area (Å²) in [6, 6.07) is 7.89. The maximum absolute atomic E-state index is 12.5. The fourth-order valence-electron chi connectivity index (χ4n) is 5.03. The highest BCUT2D eigenvalue weighted by atomic mass is 16.5. The minimum Gasteiger partial charge on any atom is -0.474 e. The normalized spacial score (nSPS) is 16.8. The summed E-state index contributed by atoms with van der Waals surface area (Å²) in [5.41, 5.74) is 7.27. The van der Waals surface area contributed by atoms with Gasteiger partial charge in [-0.15, -0.1) is 0 Å². The monoisotopic (exact) mass is 501 g/mol. The molecule has 0 aliphatic carbocycles. The van der Waals surface area contributed by atoms with Gasteiger partial charge in [-0.05, 0) is 36.6 Å². The zero-order valence-electron chi connectivity index (χ0n) is 21.0. The quantitative estimate of drug-likeness (QED) is 0.546. The number of pyridine rings is 1. The van der Waals surface area contributed by atoms with E-state index in [4.69, 9.17) is 14.5 Å². The fourth-order valence-corrected chi connectivity index (χ4v) is 5.03. The Morgan fingerprint density at radius 2 is 1.92 bits per heavy atom. The summed E-state index contributed by atoms with van der Waals surface area (Å²) in [5.74, 6) is 1.38. The molecule has 0 atom stereocenters. The number of fused-ring (bicyclic) bond motifs is 2. The molecule has 0 saturated carbocycles. The third kappa shape index (κ3) is 5.01. The predicted octanol–water partition coefficient (Wildman–Crippen LogP) is 2.69. The van der Waals surface area contributed by atoms with Crippen LogP contribution in [0.15, 0.2) is 36.7 Å². The number of anilines is 4. The van der Waals surface area contributed by atoms with Crippen LogP contribution in [0.3, 0.4) is 0 Å². The highest BCUT2D eigenvalue weighted by Gasteiger charge is 2.24. The molecule has 2 N–H and O–H groups in total. The van der Waals surface area contributed by atoms with Crippen LogP contribution in [-0.2, 0) is 28.9 Å². The van der Waals surface area contributed by atoms with Crippen molar-refractivity contribution in [2.24, 2.45) is 0 Å². The van der Waals surface area contributed by atoms with Gasteiger partial charge in [0.15, 0.2) is 0 Å². The molecule has 10 heteroatoms.